The maximum absolute atomic E-state index is 14.1. The number of hydrogen-bond acceptors (Lipinski definition) is 4. The first-order valence-corrected chi connectivity index (χ1v) is 16.7. The molecule has 2 heterocycles. The van der Waals surface area contributed by atoms with Crippen molar-refractivity contribution in [2.75, 3.05) is 20.7 Å². The lowest BCUT2D eigenvalue weighted by molar-refractivity contribution is -0.127. The molecule has 5 rings (SSSR count). The summed E-state index contributed by atoms with van der Waals surface area (Å²) in [5, 5.41) is 4.79. The molecule has 0 radical (unpaired) electrons. The van der Waals surface area contributed by atoms with Crippen molar-refractivity contribution in [3.63, 3.8) is 0 Å². The SMILES string of the molecule is C=C/C(C(=O)N(C)C(CC)CC)=C(\NCC)C1=Cc2cc(OC)ccc2-c2c(C3CCCCC3)c3ccc(C(C)=O)cc3n2C1. The van der Waals surface area contributed by atoms with Gasteiger partial charge in [0.25, 0.3) is 5.91 Å². The first kappa shape index (κ1) is 32.3. The summed E-state index contributed by atoms with van der Waals surface area (Å²) in [6, 6.07) is 12.7. The van der Waals surface area contributed by atoms with Crippen LogP contribution < -0.4 is 10.1 Å². The van der Waals surface area contributed by atoms with E-state index in [9.17, 15) is 9.59 Å². The van der Waals surface area contributed by atoms with Crippen molar-refractivity contribution in [1.82, 2.24) is 14.8 Å². The van der Waals surface area contributed by atoms with Crippen molar-refractivity contribution < 1.29 is 14.3 Å². The molecule has 0 unspecified atom stereocenters. The zero-order valence-electron chi connectivity index (χ0n) is 28.0. The molecule has 0 spiro atoms. The van der Waals surface area contributed by atoms with Gasteiger partial charge in [-0.25, -0.2) is 0 Å². The molecule has 238 valence electrons. The smallest absolute Gasteiger partial charge is 0.255 e. The number of allylic oxidation sites excluding steroid dienone is 1. The Kier molecular flexibility index (Phi) is 10.0. The molecule has 1 amide bonds. The zero-order chi connectivity index (χ0) is 32.2. The van der Waals surface area contributed by atoms with Crippen LogP contribution in [0.1, 0.15) is 100 Å². The van der Waals surface area contributed by atoms with Crippen LogP contribution in [-0.2, 0) is 11.3 Å². The number of carbonyl (C=O) groups excluding carboxylic acids is 2. The third-order valence-electron chi connectivity index (χ3n) is 9.88. The minimum absolute atomic E-state index is 0.0370. The van der Waals surface area contributed by atoms with E-state index in [1.54, 1.807) is 20.1 Å². The fraction of sp³-hybridized carbons (Fsp3) is 0.436. The minimum atomic E-state index is -0.0370. The summed E-state index contributed by atoms with van der Waals surface area (Å²) in [5.41, 5.74) is 8.90. The number of fused-ring (bicyclic) bond motifs is 5. The predicted molar refractivity (Wildman–Crippen MR) is 186 cm³/mol. The summed E-state index contributed by atoms with van der Waals surface area (Å²) in [7, 11) is 3.59. The molecular weight excluding hydrogens is 558 g/mol. The standard InChI is InChI=1S/C39H49N3O3/c1-8-30(9-2)41(6)39(44)32(10-3)37(40-11-4)29-21-28-22-31(45-7)18-20-33(28)38-36(26-15-13-12-14-16-26)34-19-17-27(25(5)43)23-35(34)42(38)24-29/h10,17-23,26,30,40H,3,8-9,11-16,24H2,1-2,4-7H3/b37-32+. The number of Topliss-reactive ketones (excluding diaryl/α,β-unsaturated/α-hetero) is 1. The maximum atomic E-state index is 14.1. The molecule has 6 heteroatoms. The van der Waals surface area contributed by atoms with Gasteiger partial charge in [-0.2, -0.15) is 0 Å². The van der Waals surface area contributed by atoms with E-state index >= 15 is 0 Å². The van der Waals surface area contributed by atoms with E-state index in [2.05, 4.69) is 67.6 Å². The Hall–Kier alpha value is -4.06. The number of ether oxygens (including phenoxy) is 1. The first-order chi connectivity index (χ1) is 21.8. The van der Waals surface area contributed by atoms with Gasteiger partial charge in [0.05, 0.1) is 30.6 Å². The Bertz CT molecular complexity index is 1660. The maximum Gasteiger partial charge on any atom is 0.255 e. The number of nitrogens with one attached hydrogen (secondary N) is 1. The van der Waals surface area contributed by atoms with Gasteiger partial charge in [0.1, 0.15) is 5.75 Å². The van der Waals surface area contributed by atoms with Gasteiger partial charge >= 0.3 is 0 Å². The fourth-order valence-corrected chi connectivity index (χ4v) is 7.46. The molecule has 1 fully saturated rings. The molecule has 3 aromatic rings. The van der Waals surface area contributed by atoms with E-state index in [1.165, 1.54) is 35.9 Å². The second kappa shape index (κ2) is 13.9. The number of amides is 1. The van der Waals surface area contributed by atoms with Crippen LogP contribution in [0.15, 0.2) is 65.9 Å². The largest absolute Gasteiger partial charge is 0.497 e. The van der Waals surface area contributed by atoms with Crippen LogP contribution in [0.3, 0.4) is 0 Å². The molecule has 1 saturated carbocycles. The van der Waals surface area contributed by atoms with Crippen LogP contribution in [0.25, 0.3) is 28.2 Å². The number of likely N-dealkylation sites (N-methyl/N-ethyl adjacent to an activating group) is 2. The predicted octanol–water partition coefficient (Wildman–Crippen LogP) is 8.66. The van der Waals surface area contributed by atoms with Crippen molar-refractivity contribution in [3.8, 4) is 17.0 Å². The van der Waals surface area contributed by atoms with Crippen molar-refractivity contribution in [1.29, 1.82) is 0 Å². The highest BCUT2D eigenvalue weighted by atomic mass is 16.5. The molecule has 2 aromatic carbocycles. The summed E-state index contributed by atoms with van der Waals surface area (Å²) in [4.78, 5) is 28.6. The van der Waals surface area contributed by atoms with Crippen LogP contribution in [0.5, 0.6) is 5.75 Å². The van der Waals surface area contributed by atoms with Gasteiger partial charge in [0.2, 0.25) is 0 Å². The highest BCUT2D eigenvalue weighted by Gasteiger charge is 2.31. The van der Waals surface area contributed by atoms with Gasteiger partial charge in [-0.1, -0.05) is 57.9 Å². The van der Waals surface area contributed by atoms with Crippen molar-refractivity contribution in [2.45, 2.75) is 91.1 Å². The number of rotatable bonds is 11. The van der Waals surface area contributed by atoms with Gasteiger partial charge in [0.15, 0.2) is 5.78 Å². The van der Waals surface area contributed by atoms with E-state index < -0.39 is 0 Å². The molecule has 1 aromatic heterocycles. The average molecular weight is 608 g/mol. The Balaban J connectivity index is 1.82. The van der Waals surface area contributed by atoms with Crippen molar-refractivity contribution in [3.05, 3.63) is 82.6 Å². The number of hydrogen-bond donors (Lipinski definition) is 1. The first-order valence-electron chi connectivity index (χ1n) is 16.7. The molecule has 6 nitrogen and oxygen atoms in total. The van der Waals surface area contributed by atoms with Gasteiger partial charge in [-0.15, -0.1) is 0 Å². The monoisotopic (exact) mass is 607 g/mol. The summed E-state index contributed by atoms with van der Waals surface area (Å²) in [5.74, 6) is 1.25. The number of benzene rings is 2. The van der Waals surface area contributed by atoms with E-state index in [0.717, 1.165) is 59.3 Å². The molecule has 1 aliphatic carbocycles. The molecule has 45 heavy (non-hydrogen) atoms. The Morgan fingerprint density at radius 1 is 1.09 bits per heavy atom. The van der Waals surface area contributed by atoms with Crippen LogP contribution in [-0.4, -0.2) is 47.9 Å². The number of carbonyl (C=O) groups is 2. The lowest BCUT2D eigenvalue weighted by Gasteiger charge is -2.28. The minimum Gasteiger partial charge on any atom is -0.497 e. The lowest BCUT2D eigenvalue weighted by Crippen LogP contribution is -2.38. The summed E-state index contributed by atoms with van der Waals surface area (Å²) >= 11 is 0. The molecular formula is C39H49N3O3. The molecule has 2 aliphatic rings. The van der Waals surface area contributed by atoms with Crippen LogP contribution in [0, 0.1) is 0 Å². The third-order valence-corrected chi connectivity index (χ3v) is 9.88. The van der Waals surface area contributed by atoms with Gasteiger partial charge < -0.3 is 19.5 Å². The lowest BCUT2D eigenvalue weighted by atomic mass is 9.81. The zero-order valence-corrected chi connectivity index (χ0v) is 28.0. The van der Waals surface area contributed by atoms with E-state index in [0.29, 0.717) is 30.1 Å². The highest BCUT2D eigenvalue weighted by Crippen LogP contribution is 2.47. The molecule has 1 aliphatic heterocycles. The van der Waals surface area contributed by atoms with E-state index in [1.807, 2.05) is 24.1 Å². The molecule has 0 atom stereocenters. The molecule has 0 bridgehead atoms. The van der Waals surface area contributed by atoms with E-state index in [4.69, 9.17) is 4.74 Å². The third kappa shape index (κ3) is 6.12. The Labute approximate surface area is 268 Å². The number of nitrogens with zero attached hydrogens (tertiary/aromatic N) is 2. The van der Waals surface area contributed by atoms with Crippen LogP contribution >= 0.6 is 0 Å². The second-order valence-corrected chi connectivity index (χ2v) is 12.5. The van der Waals surface area contributed by atoms with Gasteiger partial charge in [-0.05, 0) is 92.5 Å². The van der Waals surface area contributed by atoms with Gasteiger partial charge in [0, 0.05) is 41.7 Å². The summed E-state index contributed by atoms with van der Waals surface area (Å²) in [6.45, 7) is 13.2. The van der Waals surface area contributed by atoms with Gasteiger partial charge in [-0.3, -0.25) is 9.59 Å². The van der Waals surface area contributed by atoms with Crippen LogP contribution in [0.4, 0.5) is 0 Å². The summed E-state index contributed by atoms with van der Waals surface area (Å²) < 4.78 is 8.10. The highest BCUT2D eigenvalue weighted by molar-refractivity contribution is 6.02. The number of ketones is 1. The topological polar surface area (TPSA) is 63.6 Å². The Morgan fingerprint density at radius 3 is 2.44 bits per heavy atom. The number of aromatic nitrogens is 1. The normalized spacial score (nSPS) is 15.5. The quantitative estimate of drug-likeness (QED) is 0.135. The average Bonchev–Trinajstić information content (AvgIpc) is 3.27. The second-order valence-electron chi connectivity index (χ2n) is 12.5. The Morgan fingerprint density at radius 2 is 1.82 bits per heavy atom. The molecule has 1 N–H and O–H groups in total. The van der Waals surface area contributed by atoms with E-state index in [-0.39, 0.29) is 17.7 Å². The van der Waals surface area contributed by atoms with Crippen molar-refractivity contribution >= 4 is 28.7 Å². The van der Waals surface area contributed by atoms with Crippen LogP contribution in [0.2, 0.25) is 0 Å². The summed E-state index contributed by atoms with van der Waals surface area (Å²) in [6.07, 6.45) is 11.7. The fourth-order valence-electron chi connectivity index (χ4n) is 7.46. The number of methoxy groups -OCH3 is 1. The van der Waals surface area contributed by atoms with Crippen molar-refractivity contribution in [2.24, 2.45) is 0 Å². The molecule has 0 saturated heterocycles.